The fraction of sp³-hybridized carbons (Fsp3) is 0.500. The van der Waals surface area contributed by atoms with Crippen molar-refractivity contribution in [3.63, 3.8) is 0 Å². The van der Waals surface area contributed by atoms with E-state index < -0.39 is 12.1 Å². The van der Waals surface area contributed by atoms with Crippen molar-refractivity contribution in [3.05, 3.63) is 52.9 Å². The number of fused-ring (bicyclic) bond motifs is 1. The summed E-state index contributed by atoms with van der Waals surface area (Å²) in [5.41, 5.74) is 1.42. The topological polar surface area (TPSA) is 62.7 Å². The predicted molar refractivity (Wildman–Crippen MR) is 146 cm³/mol. The van der Waals surface area contributed by atoms with Crippen LogP contribution in [-0.4, -0.2) is 53.5 Å². The van der Waals surface area contributed by atoms with Crippen molar-refractivity contribution in [1.29, 1.82) is 0 Å². The molecule has 1 aromatic carbocycles. The normalized spacial score (nSPS) is 19.4. The molecule has 2 aromatic heterocycles. The highest BCUT2D eigenvalue weighted by Crippen LogP contribution is 2.36. The van der Waals surface area contributed by atoms with Crippen LogP contribution in [0.1, 0.15) is 50.3 Å². The van der Waals surface area contributed by atoms with Gasteiger partial charge in [0.2, 0.25) is 0 Å². The van der Waals surface area contributed by atoms with Gasteiger partial charge >= 0.3 is 5.97 Å². The van der Waals surface area contributed by atoms with Gasteiger partial charge in [-0.1, -0.05) is 0 Å². The van der Waals surface area contributed by atoms with E-state index in [1.807, 2.05) is 30.0 Å². The fourth-order valence-electron chi connectivity index (χ4n) is 5.25. The Balaban J connectivity index is 1.33. The highest BCUT2D eigenvalue weighted by Gasteiger charge is 2.30. The van der Waals surface area contributed by atoms with E-state index in [-0.39, 0.29) is 6.42 Å². The number of ether oxygens (including phenoxy) is 1. The Kier molecular flexibility index (Phi) is 10.0. The zero-order valence-electron chi connectivity index (χ0n) is 20.8. The lowest BCUT2D eigenvalue weighted by atomic mass is 9.79. The molecule has 1 fully saturated rings. The molecule has 3 aromatic rings. The first-order valence-electron chi connectivity index (χ1n) is 12.7. The van der Waals surface area contributed by atoms with Crippen LogP contribution in [0.15, 0.2) is 52.2 Å². The summed E-state index contributed by atoms with van der Waals surface area (Å²) >= 11 is 3.62. The molecule has 5 nitrogen and oxygen atoms in total. The second-order valence-electron chi connectivity index (χ2n) is 9.53. The number of alkyl halides is 1. The number of rotatable bonds is 13. The summed E-state index contributed by atoms with van der Waals surface area (Å²) < 4.78 is 20.9. The Labute approximate surface area is 221 Å². The fourth-order valence-corrected chi connectivity index (χ4v) is 6.96. The summed E-state index contributed by atoms with van der Waals surface area (Å²) in [5, 5.41) is 14.4. The number of piperidine rings is 1. The van der Waals surface area contributed by atoms with Crippen molar-refractivity contribution in [2.24, 2.45) is 11.8 Å². The molecule has 0 spiro atoms. The first-order valence-corrected chi connectivity index (χ1v) is 14.6. The van der Waals surface area contributed by atoms with Crippen molar-refractivity contribution in [1.82, 2.24) is 9.88 Å². The van der Waals surface area contributed by atoms with Crippen LogP contribution in [0.25, 0.3) is 10.9 Å². The maximum absolute atomic E-state index is 15.5. The minimum Gasteiger partial charge on any atom is -0.497 e. The molecule has 0 saturated carbocycles. The SMILES string of the molecule is COc1ccc2nccc(C(F)CC[C@@H]3CCN(CCCSc4ccsc4)C[C@@H]3CCC(=O)O)c2c1. The van der Waals surface area contributed by atoms with Gasteiger partial charge in [0.1, 0.15) is 11.9 Å². The summed E-state index contributed by atoms with van der Waals surface area (Å²) in [6.45, 7) is 2.95. The van der Waals surface area contributed by atoms with Gasteiger partial charge in [-0.15, -0.1) is 11.8 Å². The lowest BCUT2D eigenvalue weighted by Crippen LogP contribution is -2.41. The van der Waals surface area contributed by atoms with Crippen molar-refractivity contribution >= 4 is 40.0 Å². The zero-order chi connectivity index (χ0) is 25.3. The number of thioether (sulfide) groups is 1. The molecule has 1 aliphatic heterocycles. The van der Waals surface area contributed by atoms with E-state index >= 15 is 4.39 Å². The highest BCUT2D eigenvalue weighted by molar-refractivity contribution is 7.99. The molecule has 1 aliphatic rings. The maximum Gasteiger partial charge on any atom is 0.303 e. The average molecular weight is 531 g/mol. The molecule has 194 valence electrons. The number of benzene rings is 1. The molecule has 0 aliphatic carbocycles. The molecule has 36 heavy (non-hydrogen) atoms. The van der Waals surface area contributed by atoms with Crippen LogP contribution in [0.2, 0.25) is 0 Å². The van der Waals surface area contributed by atoms with E-state index in [1.54, 1.807) is 30.7 Å². The van der Waals surface area contributed by atoms with Gasteiger partial charge < -0.3 is 14.7 Å². The number of pyridine rings is 1. The molecule has 3 heterocycles. The van der Waals surface area contributed by atoms with Crippen LogP contribution in [0.4, 0.5) is 4.39 Å². The molecular formula is C28H35FN2O3S2. The maximum atomic E-state index is 15.5. The second-order valence-corrected chi connectivity index (χ2v) is 11.5. The van der Waals surface area contributed by atoms with Crippen LogP contribution < -0.4 is 4.74 Å². The molecule has 0 bridgehead atoms. The number of hydrogen-bond acceptors (Lipinski definition) is 6. The van der Waals surface area contributed by atoms with Gasteiger partial charge in [-0.05, 0) is 104 Å². The Hall–Kier alpha value is -2.16. The van der Waals surface area contributed by atoms with Crippen molar-refractivity contribution in [2.75, 3.05) is 32.5 Å². The second kappa shape index (κ2) is 13.4. The number of carboxylic acid groups (broad SMARTS) is 1. The number of aliphatic carboxylic acids is 1. The standard InChI is InChI=1S/C28H35FN2O3S2/c1-34-22-5-7-27-25(17-22)24(9-12-30-27)26(29)6-3-20-10-14-31(18-21(20)4-8-28(32)33)13-2-15-36-23-11-16-35-19-23/h5,7,9,11-12,16-17,19-21,26H,2-4,6,8,10,13-15,18H2,1H3,(H,32,33)/t20-,21+,26?/m1/s1. The summed E-state index contributed by atoms with van der Waals surface area (Å²) in [6.07, 6.45) is 4.73. The number of hydrogen-bond donors (Lipinski definition) is 1. The first-order chi connectivity index (χ1) is 17.5. The summed E-state index contributed by atoms with van der Waals surface area (Å²) in [6, 6.07) is 9.49. The number of methoxy groups -OCH3 is 1. The molecule has 0 amide bonds. The van der Waals surface area contributed by atoms with Crippen LogP contribution in [0.5, 0.6) is 5.75 Å². The number of aromatic nitrogens is 1. The summed E-state index contributed by atoms with van der Waals surface area (Å²) in [5.74, 6) is 1.67. The molecule has 8 heteroatoms. The van der Waals surface area contributed by atoms with Crippen LogP contribution in [-0.2, 0) is 4.79 Å². The average Bonchev–Trinajstić information content (AvgIpc) is 3.42. The van der Waals surface area contributed by atoms with Crippen LogP contribution >= 0.6 is 23.1 Å². The lowest BCUT2D eigenvalue weighted by molar-refractivity contribution is -0.137. The number of thiophene rings is 1. The van der Waals surface area contributed by atoms with Gasteiger partial charge in [-0.2, -0.15) is 11.3 Å². The van der Waals surface area contributed by atoms with Crippen molar-refractivity contribution in [2.45, 2.75) is 49.6 Å². The van der Waals surface area contributed by atoms with E-state index in [4.69, 9.17) is 4.74 Å². The van der Waals surface area contributed by atoms with Gasteiger partial charge in [0.15, 0.2) is 0 Å². The third-order valence-electron chi connectivity index (χ3n) is 7.20. The highest BCUT2D eigenvalue weighted by atomic mass is 32.2. The number of likely N-dealkylation sites (tertiary alicyclic amines) is 1. The molecule has 1 saturated heterocycles. The third kappa shape index (κ3) is 7.43. The van der Waals surface area contributed by atoms with E-state index in [1.165, 1.54) is 4.90 Å². The van der Waals surface area contributed by atoms with Gasteiger partial charge in [-0.3, -0.25) is 9.78 Å². The Morgan fingerprint density at radius 2 is 2.19 bits per heavy atom. The number of nitrogens with zero attached hydrogens (tertiary/aromatic N) is 2. The zero-order valence-corrected chi connectivity index (χ0v) is 22.4. The minimum absolute atomic E-state index is 0.177. The van der Waals surface area contributed by atoms with Gasteiger partial charge in [0.05, 0.1) is 12.6 Å². The van der Waals surface area contributed by atoms with E-state index in [0.29, 0.717) is 36.0 Å². The number of halogens is 1. The Morgan fingerprint density at radius 1 is 1.31 bits per heavy atom. The number of carbonyl (C=O) groups is 1. The molecule has 1 unspecified atom stereocenters. The van der Waals surface area contributed by atoms with Crippen molar-refractivity contribution < 1.29 is 19.0 Å². The monoisotopic (exact) mass is 530 g/mol. The molecular weight excluding hydrogens is 495 g/mol. The van der Waals surface area contributed by atoms with Gasteiger partial charge in [0.25, 0.3) is 0 Å². The summed E-state index contributed by atoms with van der Waals surface area (Å²) in [7, 11) is 1.61. The van der Waals surface area contributed by atoms with Crippen LogP contribution in [0, 0.1) is 11.8 Å². The van der Waals surface area contributed by atoms with Crippen molar-refractivity contribution in [3.8, 4) is 5.75 Å². The first kappa shape index (κ1) is 26.9. The predicted octanol–water partition coefficient (Wildman–Crippen LogP) is 7.08. The lowest BCUT2D eigenvalue weighted by Gasteiger charge is -2.39. The Morgan fingerprint density at radius 3 is 2.97 bits per heavy atom. The number of carboxylic acids is 1. The molecule has 0 radical (unpaired) electrons. The van der Waals surface area contributed by atoms with Gasteiger partial charge in [-0.25, -0.2) is 4.39 Å². The van der Waals surface area contributed by atoms with E-state index in [9.17, 15) is 9.90 Å². The molecule has 1 N–H and O–H groups in total. The largest absolute Gasteiger partial charge is 0.497 e. The van der Waals surface area contributed by atoms with E-state index in [0.717, 1.165) is 55.6 Å². The third-order valence-corrected chi connectivity index (χ3v) is 9.11. The molecule has 3 atom stereocenters. The molecule has 4 rings (SSSR count). The minimum atomic E-state index is -1.09. The summed E-state index contributed by atoms with van der Waals surface area (Å²) in [4.78, 5) is 19.5. The van der Waals surface area contributed by atoms with Gasteiger partial charge in [0, 0.05) is 34.8 Å². The van der Waals surface area contributed by atoms with Crippen LogP contribution in [0.3, 0.4) is 0 Å². The quantitative estimate of drug-likeness (QED) is 0.188. The smallest absolute Gasteiger partial charge is 0.303 e. The Bertz CT molecular complexity index is 1110. The van der Waals surface area contributed by atoms with E-state index in [2.05, 4.69) is 26.7 Å².